The lowest BCUT2D eigenvalue weighted by atomic mass is 9.84. The van der Waals surface area contributed by atoms with E-state index < -0.39 is 12.6 Å². The Hall–Kier alpha value is 0.0600. The molecule has 3 atom stereocenters. The lowest BCUT2D eigenvalue weighted by Gasteiger charge is -2.44. The Morgan fingerprint density at radius 3 is 2.82 bits per heavy atom. The van der Waals surface area contributed by atoms with Crippen molar-refractivity contribution in [3.05, 3.63) is 0 Å². The van der Waals surface area contributed by atoms with Gasteiger partial charge in [0.05, 0.1) is 12.2 Å². The largest absolute Gasteiger partial charge is 0.389 e. The van der Waals surface area contributed by atoms with Gasteiger partial charge in [-0.1, -0.05) is 6.92 Å². The molecule has 2 aliphatic heterocycles. The summed E-state index contributed by atoms with van der Waals surface area (Å²) in [5.74, 6) is 0.978. The van der Waals surface area contributed by atoms with Gasteiger partial charge in [-0.25, -0.2) is 0 Å². The van der Waals surface area contributed by atoms with Crippen LogP contribution in [0, 0.1) is 0 Å². The Bertz CT molecular complexity index is 274. The van der Waals surface area contributed by atoms with E-state index in [9.17, 15) is 13.2 Å². The molecule has 17 heavy (non-hydrogen) atoms. The molecule has 6 heteroatoms. The van der Waals surface area contributed by atoms with E-state index in [0.29, 0.717) is 13.2 Å². The summed E-state index contributed by atoms with van der Waals surface area (Å²) in [5, 5.41) is 3.49. The Labute approximate surface area is 104 Å². The van der Waals surface area contributed by atoms with Crippen LogP contribution in [0.15, 0.2) is 0 Å². The van der Waals surface area contributed by atoms with Gasteiger partial charge in [0.2, 0.25) is 0 Å². The topological polar surface area (TPSA) is 21.3 Å². The highest BCUT2D eigenvalue weighted by molar-refractivity contribution is 8.00. The summed E-state index contributed by atoms with van der Waals surface area (Å²) in [6.07, 6.45) is -3.83. The number of halogens is 3. The Morgan fingerprint density at radius 1 is 1.47 bits per heavy atom. The Morgan fingerprint density at radius 2 is 2.24 bits per heavy atom. The van der Waals surface area contributed by atoms with Crippen molar-refractivity contribution in [2.75, 3.05) is 18.9 Å². The van der Waals surface area contributed by atoms with Crippen LogP contribution in [0.1, 0.15) is 26.2 Å². The predicted molar refractivity (Wildman–Crippen MR) is 62.3 cm³/mol. The summed E-state index contributed by atoms with van der Waals surface area (Å²) in [5.41, 5.74) is -0.381. The lowest BCUT2D eigenvalue weighted by molar-refractivity contribution is -0.147. The maximum absolute atomic E-state index is 12.3. The molecule has 2 rings (SSSR count). The molecule has 2 fully saturated rings. The molecule has 2 aliphatic rings. The molecule has 0 saturated carbocycles. The Balaban J connectivity index is 2.02. The van der Waals surface area contributed by atoms with E-state index in [-0.39, 0.29) is 23.3 Å². The van der Waals surface area contributed by atoms with Gasteiger partial charge in [0.1, 0.15) is 0 Å². The quantitative estimate of drug-likeness (QED) is 0.832. The van der Waals surface area contributed by atoms with E-state index in [4.69, 9.17) is 4.74 Å². The van der Waals surface area contributed by atoms with Crippen LogP contribution in [-0.2, 0) is 4.74 Å². The molecule has 100 valence electrons. The fourth-order valence-electron chi connectivity index (χ4n) is 2.79. The van der Waals surface area contributed by atoms with E-state index in [0.717, 1.165) is 12.2 Å². The first-order chi connectivity index (χ1) is 7.94. The van der Waals surface area contributed by atoms with Gasteiger partial charge in [0, 0.05) is 24.3 Å². The monoisotopic (exact) mass is 269 g/mol. The summed E-state index contributed by atoms with van der Waals surface area (Å²) < 4.78 is 42.8. The summed E-state index contributed by atoms with van der Waals surface area (Å²) >= 11 is 1.79. The molecular weight excluding hydrogens is 251 g/mol. The van der Waals surface area contributed by atoms with Crippen molar-refractivity contribution in [3.8, 4) is 0 Å². The maximum Gasteiger partial charge on any atom is 0.389 e. The zero-order valence-electron chi connectivity index (χ0n) is 9.85. The van der Waals surface area contributed by atoms with Crippen molar-refractivity contribution in [2.45, 2.75) is 49.3 Å². The van der Waals surface area contributed by atoms with Crippen LogP contribution in [0.5, 0.6) is 0 Å². The van der Waals surface area contributed by atoms with Gasteiger partial charge < -0.3 is 10.1 Å². The summed E-state index contributed by atoms with van der Waals surface area (Å²) in [6, 6.07) is -0.164. The van der Waals surface area contributed by atoms with Crippen LogP contribution < -0.4 is 5.32 Å². The molecule has 1 N–H and O–H groups in total. The summed E-state index contributed by atoms with van der Waals surface area (Å²) in [6.45, 7) is 3.32. The van der Waals surface area contributed by atoms with Crippen LogP contribution in [0.3, 0.4) is 0 Å². The SMILES string of the molecule is CC1SCCC12OCCNC2CCC(F)(F)F. The van der Waals surface area contributed by atoms with Gasteiger partial charge in [-0.2, -0.15) is 24.9 Å². The minimum Gasteiger partial charge on any atom is -0.371 e. The molecule has 0 aromatic carbocycles. The smallest absolute Gasteiger partial charge is 0.371 e. The first-order valence-electron chi connectivity index (χ1n) is 6.00. The number of rotatable bonds is 2. The second-order valence-electron chi connectivity index (χ2n) is 4.73. The molecule has 0 bridgehead atoms. The molecule has 0 amide bonds. The van der Waals surface area contributed by atoms with Crippen molar-refractivity contribution >= 4 is 11.8 Å². The van der Waals surface area contributed by atoms with Crippen LogP contribution in [0.25, 0.3) is 0 Å². The minimum atomic E-state index is -4.07. The molecule has 0 aliphatic carbocycles. The van der Waals surface area contributed by atoms with Crippen LogP contribution in [-0.4, -0.2) is 42.0 Å². The third-order valence-corrected chi connectivity index (χ3v) is 5.06. The van der Waals surface area contributed by atoms with Crippen LogP contribution in [0.4, 0.5) is 13.2 Å². The van der Waals surface area contributed by atoms with Gasteiger partial charge >= 0.3 is 6.18 Å². The van der Waals surface area contributed by atoms with Gasteiger partial charge in [-0.05, 0) is 18.6 Å². The molecule has 0 aromatic heterocycles. The lowest BCUT2D eigenvalue weighted by Crippen LogP contribution is -2.60. The highest BCUT2D eigenvalue weighted by Crippen LogP contribution is 2.43. The number of ether oxygens (including phenoxy) is 1. The summed E-state index contributed by atoms with van der Waals surface area (Å²) in [7, 11) is 0. The molecule has 2 heterocycles. The average Bonchev–Trinajstić information content (AvgIpc) is 2.59. The standard InChI is InChI=1S/C11H18F3NOS/c1-8-10(4-7-17-8)9(15-5-6-16-10)2-3-11(12,13)14/h8-9,15H,2-7H2,1H3. The number of hydrogen-bond donors (Lipinski definition) is 1. The van der Waals surface area contributed by atoms with E-state index in [1.165, 1.54) is 0 Å². The number of alkyl halides is 3. The number of hydrogen-bond acceptors (Lipinski definition) is 3. The van der Waals surface area contributed by atoms with Crippen molar-refractivity contribution < 1.29 is 17.9 Å². The number of morpholine rings is 1. The van der Waals surface area contributed by atoms with E-state index in [1.807, 2.05) is 0 Å². The normalized spacial score (nSPS) is 38.8. The molecule has 0 radical (unpaired) electrons. The van der Waals surface area contributed by atoms with Crippen molar-refractivity contribution in [1.29, 1.82) is 0 Å². The third kappa shape index (κ3) is 2.90. The minimum absolute atomic E-state index is 0.119. The predicted octanol–water partition coefficient (Wildman–Crippen LogP) is 2.58. The van der Waals surface area contributed by atoms with E-state index in [1.54, 1.807) is 11.8 Å². The maximum atomic E-state index is 12.3. The van der Waals surface area contributed by atoms with Crippen molar-refractivity contribution in [2.24, 2.45) is 0 Å². The van der Waals surface area contributed by atoms with Gasteiger partial charge in [-0.3, -0.25) is 0 Å². The molecule has 0 aromatic rings. The van der Waals surface area contributed by atoms with Crippen LogP contribution in [0.2, 0.25) is 0 Å². The molecule has 3 unspecified atom stereocenters. The molecule has 1 spiro atoms. The molecule has 2 saturated heterocycles. The summed E-state index contributed by atoms with van der Waals surface area (Å²) in [4.78, 5) is 0. The van der Waals surface area contributed by atoms with Crippen LogP contribution >= 0.6 is 11.8 Å². The van der Waals surface area contributed by atoms with Crippen molar-refractivity contribution in [3.63, 3.8) is 0 Å². The molecular formula is C11H18F3NOS. The van der Waals surface area contributed by atoms with E-state index in [2.05, 4.69) is 12.2 Å². The highest BCUT2D eigenvalue weighted by atomic mass is 32.2. The number of thioether (sulfide) groups is 1. The van der Waals surface area contributed by atoms with Gasteiger partial charge in [-0.15, -0.1) is 0 Å². The fourth-order valence-corrected chi connectivity index (χ4v) is 4.21. The van der Waals surface area contributed by atoms with Gasteiger partial charge in [0.25, 0.3) is 0 Å². The fraction of sp³-hybridized carbons (Fsp3) is 1.00. The average molecular weight is 269 g/mol. The first-order valence-corrected chi connectivity index (χ1v) is 7.05. The Kier molecular flexibility index (Phi) is 3.95. The third-order valence-electron chi connectivity index (χ3n) is 3.72. The zero-order valence-corrected chi connectivity index (χ0v) is 10.7. The zero-order chi connectivity index (χ0) is 12.5. The van der Waals surface area contributed by atoms with Gasteiger partial charge in [0.15, 0.2) is 0 Å². The second kappa shape index (κ2) is 4.97. The van der Waals surface area contributed by atoms with Crippen molar-refractivity contribution in [1.82, 2.24) is 5.32 Å². The number of nitrogens with one attached hydrogen (secondary N) is 1. The second-order valence-corrected chi connectivity index (χ2v) is 6.18. The first kappa shape index (κ1) is 13.5. The molecule has 2 nitrogen and oxygen atoms in total. The van der Waals surface area contributed by atoms with E-state index >= 15 is 0 Å². The highest BCUT2D eigenvalue weighted by Gasteiger charge is 2.50.